The van der Waals surface area contributed by atoms with Crippen LogP contribution in [0.2, 0.25) is 0 Å². The number of benzene rings is 4. The second-order valence-corrected chi connectivity index (χ2v) is 9.77. The zero-order valence-corrected chi connectivity index (χ0v) is 23.1. The van der Waals surface area contributed by atoms with Crippen molar-refractivity contribution in [1.82, 2.24) is 9.55 Å². The number of fused-ring (bicyclic) bond motifs is 3. The molecule has 3 heterocycles. The van der Waals surface area contributed by atoms with Crippen molar-refractivity contribution >= 4 is 33.6 Å². The Morgan fingerprint density at radius 2 is 1.72 bits per heavy atom. The van der Waals surface area contributed by atoms with E-state index in [-0.39, 0.29) is 20.1 Å². The van der Waals surface area contributed by atoms with Gasteiger partial charge >= 0.3 is 20.1 Å². The van der Waals surface area contributed by atoms with Crippen LogP contribution >= 0.6 is 11.8 Å². The molecule has 5 heteroatoms. The van der Waals surface area contributed by atoms with Gasteiger partial charge < -0.3 is 14.1 Å². The van der Waals surface area contributed by atoms with E-state index in [2.05, 4.69) is 95.0 Å². The molecule has 176 valence electrons. The van der Waals surface area contributed by atoms with Crippen LogP contribution in [-0.2, 0) is 20.1 Å². The van der Waals surface area contributed by atoms with Gasteiger partial charge in [-0.05, 0) is 31.3 Å². The van der Waals surface area contributed by atoms with Crippen molar-refractivity contribution in [2.24, 2.45) is 0 Å². The molecule has 0 bridgehead atoms. The Morgan fingerprint density at radius 1 is 0.889 bits per heavy atom. The molecule has 0 amide bonds. The number of hydrogen-bond donors (Lipinski definition) is 0. The minimum Gasteiger partial charge on any atom is -0.334 e. The van der Waals surface area contributed by atoms with E-state index < -0.39 is 0 Å². The van der Waals surface area contributed by atoms with Gasteiger partial charge in [-0.15, -0.1) is 70.9 Å². The fourth-order valence-electron chi connectivity index (χ4n) is 4.35. The first-order chi connectivity index (χ1) is 17.2. The normalized spacial score (nSPS) is 11.5. The molecule has 6 aromatic rings. The van der Waals surface area contributed by atoms with E-state index in [1.807, 2.05) is 54.2 Å². The second kappa shape index (κ2) is 10.4. The molecule has 1 aliphatic heterocycles. The van der Waals surface area contributed by atoms with Crippen LogP contribution < -0.4 is 4.57 Å². The summed E-state index contributed by atoms with van der Waals surface area (Å²) in [6, 6.07) is 38.0. The van der Waals surface area contributed by atoms with Crippen LogP contribution in [0.15, 0.2) is 107 Å². The summed E-state index contributed by atoms with van der Waals surface area (Å²) in [7, 11) is 0. The van der Waals surface area contributed by atoms with Crippen LogP contribution in [0.25, 0.3) is 38.8 Å². The van der Waals surface area contributed by atoms with Gasteiger partial charge in [0.05, 0.1) is 17.1 Å². The van der Waals surface area contributed by atoms with Gasteiger partial charge in [0.1, 0.15) is 0 Å². The predicted octanol–water partition coefficient (Wildman–Crippen LogP) is 7.26. The number of rotatable bonds is 2. The molecule has 0 radical (unpaired) electrons. The van der Waals surface area contributed by atoms with Crippen molar-refractivity contribution in [3.8, 4) is 16.9 Å². The number of hydrogen-bond acceptors (Lipinski definition) is 2. The standard InChI is InChI=1S/C20H15N2S.C11H8N.Ir/c1-13(2)21-12-22-17-10-14-6-3-4-7-15(14)11-19(17)23-18-9-5-8-16(21)20(18)22;1-2-6-10(7-3-1)11-8-4-5-9-12-11;/h3-9,11,13H,1-2H3;1-6,8-9H;/q2*-1;+3. The maximum absolute atomic E-state index is 4.22. The van der Waals surface area contributed by atoms with Gasteiger partial charge in [-0.1, -0.05) is 47.4 Å². The number of nitrogens with zero attached hydrogens (tertiary/aromatic N) is 3. The van der Waals surface area contributed by atoms with Gasteiger partial charge in [-0.3, -0.25) is 0 Å². The van der Waals surface area contributed by atoms with Gasteiger partial charge in [-0.2, -0.15) is 11.8 Å². The van der Waals surface area contributed by atoms with E-state index in [9.17, 15) is 0 Å². The third-order valence-electron chi connectivity index (χ3n) is 6.01. The Bertz CT molecular complexity index is 1610. The molecule has 0 N–H and O–H groups in total. The average molecular weight is 662 g/mol. The van der Waals surface area contributed by atoms with Crippen LogP contribution in [0.5, 0.6) is 0 Å². The van der Waals surface area contributed by atoms with Gasteiger partial charge in [0, 0.05) is 11.1 Å². The zero-order valence-electron chi connectivity index (χ0n) is 19.9. The summed E-state index contributed by atoms with van der Waals surface area (Å²) >= 11 is 1.83. The Labute approximate surface area is 229 Å². The first-order valence-electron chi connectivity index (χ1n) is 11.7. The summed E-state index contributed by atoms with van der Waals surface area (Å²) in [6.07, 6.45) is 5.33. The average Bonchev–Trinajstić information content (AvgIpc) is 3.31. The van der Waals surface area contributed by atoms with E-state index in [0.29, 0.717) is 6.04 Å². The van der Waals surface area contributed by atoms with Crippen molar-refractivity contribution in [3.63, 3.8) is 0 Å². The van der Waals surface area contributed by atoms with Crippen molar-refractivity contribution < 1.29 is 24.7 Å². The Kier molecular flexibility index (Phi) is 7.06. The van der Waals surface area contributed by atoms with Crippen molar-refractivity contribution in [3.05, 3.63) is 116 Å². The molecular weight excluding hydrogens is 639 g/mol. The van der Waals surface area contributed by atoms with Gasteiger partial charge in [0.15, 0.2) is 0 Å². The molecule has 0 saturated heterocycles. The maximum atomic E-state index is 4.22. The maximum Gasteiger partial charge on any atom is 3.00 e. The first kappa shape index (κ1) is 24.5. The zero-order chi connectivity index (χ0) is 23.8. The first-order valence-corrected chi connectivity index (χ1v) is 12.5. The Morgan fingerprint density at radius 3 is 2.50 bits per heavy atom. The second-order valence-electron chi connectivity index (χ2n) is 8.69. The van der Waals surface area contributed by atoms with E-state index >= 15 is 0 Å². The van der Waals surface area contributed by atoms with Crippen molar-refractivity contribution in [1.29, 1.82) is 0 Å². The molecule has 0 saturated carbocycles. The molecule has 0 aliphatic carbocycles. The number of imidazole rings is 1. The fourth-order valence-corrected chi connectivity index (χ4v) is 5.45. The summed E-state index contributed by atoms with van der Waals surface area (Å²) in [4.78, 5) is 6.75. The van der Waals surface area contributed by atoms with Gasteiger partial charge in [-0.25, -0.2) is 0 Å². The molecule has 0 spiro atoms. The molecule has 2 aromatic heterocycles. The quantitative estimate of drug-likeness (QED) is 0.144. The van der Waals surface area contributed by atoms with E-state index in [0.717, 1.165) is 22.3 Å². The van der Waals surface area contributed by atoms with Crippen molar-refractivity contribution in [2.75, 3.05) is 0 Å². The summed E-state index contributed by atoms with van der Waals surface area (Å²) in [6.45, 7) is 4.39. The SMILES string of the molecule is CC(C)n1[c-][n+]2c3c(cccc31)Sc1cc3ccccc3[c-]c1-2.[Ir+3].[c-]1ccccc1-c1ccccn1. The third-order valence-corrected chi connectivity index (χ3v) is 7.09. The summed E-state index contributed by atoms with van der Waals surface area (Å²) in [5, 5.41) is 2.39. The predicted molar refractivity (Wildman–Crippen MR) is 142 cm³/mol. The Hall–Kier alpha value is -3.24. The smallest absolute Gasteiger partial charge is 0.334 e. The van der Waals surface area contributed by atoms with Crippen LogP contribution in [0.4, 0.5) is 0 Å². The van der Waals surface area contributed by atoms with E-state index in [1.54, 1.807) is 6.20 Å². The topological polar surface area (TPSA) is 21.7 Å². The molecule has 0 fully saturated rings. The monoisotopic (exact) mass is 662 g/mol. The summed E-state index contributed by atoms with van der Waals surface area (Å²) in [5.74, 6) is 0. The minimum atomic E-state index is 0. The molecule has 3 nitrogen and oxygen atoms in total. The van der Waals surface area contributed by atoms with Crippen LogP contribution in [0.3, 0.4) is 0 Å². The molecule has 0 atom stereocenters. The number of aromatic nitrogens is 3. The van der Waals surface area contributed by atoms with Crippen LogP contribution in [-0.4, -0.2) is 9.55 Å². The van der Waals surface area contributed by atoms with Crippen molar-refractivity contribution in [2.45, 2.75) is 29.7 Å². The van der Waals surface area contributed by atoms with E-state index in [4.69, 9.17) is 0 Å². The third kappa shape index (κ3) is 4.51. The van der Waals surface area contributed by atoms with Gasteiger partial charge in [0.2, 0.25) is 6.33 Å². The molecular formula is C31H23IrN3S+. The molecule has 1 aliphatic rings. The summed E-state index contributed by atoms with van der Waals surface area (Å²) in [5.41, 5.74) is 5.59. The van der Waals surface area contributed by atoms with E-state index in [1.165, 1.54) is 26.2 Å². The number of para-hydroxylation sites is 1. The number of pyridine rings is 1. The minimum absolute atomic E-state index is 0. The van der Waals surface area contributed by atoms with Gasteiger partial charge in [0.25, 0.3) is 0 Å². The molecule has 4 aromatic carbocycles. The fraction of sp³-hybridized carbons (Fsp3) is 0.0968. The largest absolute Gasteiger partial charge is 3.00 e. The van der Waals surface area contributed by atoms with Crippen LogP contribution in [0, 0.1) is 18.5 Å². The summed E-state index contributed by atoms with van der Waals surface area (Å²) < 4.78 is 4.40. The molecule has 0 unspecified atom stereocenters. The Balaban J connectivity index is 0.000000175. The molecule has 36 heavy (non-hydrogen) atoms. The molecule has 7 rings (SSSR count). The van der Waals surface area contributed by atoms with Crippen LogP contribution in [0.1, 0.15) is 19.9 Å².